The van der Waals surface area contributed by atoms with Crippen LogP contribution in [0.1, 0.15) is 24.1 Å². The van der Waals surface area contributed by atoms with Gasteiger partial charge < -0.3 is 5.32 Å². The molecule has 1 unspecified atom stereocenters. The SMILES string of the molecule is CC(NCc1cccc2ccccc12)c1ccccc1.Cl. The maximum atomic E-state index is 3.61. The van der Waals surface area contributed by atoms with Gasteiger partial charge in [-0.25, -0.2) is 0 Å². The van der Waals surface area contributed by atoms with E-state index in [-0.39, 0.29) is 12.4 Å². The molecule has 0 aliphatic carbocycles. The molecule has 1 atom stereocenters. The highest BCUT2D eigenvalue weighted by molar-refractivity contribution is 5.85. The molecule has 1 nitrogen and oxygen atoms in total. The molecule has 0 aliphatic rings. The Morgan fingerprint density at radius 2 is 1.48 bits per heavy atom. The Kier molecular flexibility index (Phi) is 5.38. The van der Waals surface area contributed by atoms with Crippen LogP contribution in [0, 0.1) is 0 Å². The minimum atomic E-state index is 0. The second kappa shape index (κ2) is 7.26. The first-order chi connectivity index (χ1) is 9.84. The molecule has 0 aliphatic heterocycles. The Morgan fingerprint density at radius 3 is 2.29 bits per heavy atom. The Hall–Kier alpha value is -1.83. The Morgan fingerprint density at radius 1 is 0.810 bits per heavy atom. The number of hydrogen-bond donors (Lipinski definition) is 1. The molecule has 3 aromatic rings. The van der Waals surface area contributed by atoms with E-state index in [2.05, 4.69) is 85.0 Å². The highest BCUT2D eigenvalue weighted by Gasteiger charge is 2.05. The van der Waals surface area contributed by atoms with Crippen LogP contribution in [0.3, 0.4) is 0 Å². The minimum Gasteiger partial charge on any atom is -0.306 e. The lowest BCUT2D eigenvalue weighted by molar-refractivity contribution is 0.576. The van der Waals surface area contributed by atoms with E-state index in [1.807, 2.05) is 0 Å². The van der Waals surface area contributed by atoms with Gasteiger partial charge in [-0.05, 0) is 28.8 Å². The average molecular weight is 298 g/mol. The van der Waals surface area contributed by atoms with Crippen LogP contribution in [0.2, 0.25) is 0 Å². The van der Waals surface area contributed by atoms with Crippen molar-refractivity contribution in [3.63, 3.8) is 0 Å². The minimum absolute atomic E-state index is 0. The largest absolute Gasteiger partial charge is 0.306 e. The molecular weight excluding hydrogens is 278 g/mol. The molecule has 0 amide bonds. The fourth-order valence-electron chi connectivity index (χ4n) is 2.57. The van der Waals surface area contributed by atoms with Gasteiger partial charge in [0.25, 0.3) is 0 Å². The summed E-state index contributed by atoms with van der Waals surface area (Å²) in [7, 11) is 0. The van der Waals surface area contributed by atoms with Gasteiger partial charge in [-0.2, -0.15) is 0 Å². The third-order valence-corrected chi connectivity index (χ3v) is 3.78. The highest BCUT2D eigenvalue weighted by Crippen LogP contribution is 2.19. The molecule has 108 valence electrons. The average Bonchev–Trinajstić information content (AvgIpc) is 2.53. The van der Waals surface area contributed by atoms with Gasteiger partial charge in [-0.3, -0.25) is 0 Å². The van der Waals surface area contributed by atoms with Crippen molar-refractivity contribution in [3.8, 4) is 0 Å². The summed E-state index contributed by atoms with van der Waals surface area (Å²) in [4.78, 5) is 0. The van der Waals surface area contributed by atoms with Crippen molar-refractivity contribution in [2.45, 2.75) is 19.5 Å². The predicted octanol–water partition coefficient (Wildman–Crippen LogP) is 5.11. The first kappa shape index (κ1) is 15.6. The van der Waals surface area contributed by atoms with E-state index in [4.69, 9.17) is 0 Å². The van der Waals surface area contributed by atoms with Crippen LogP contribution in [0.25, 0.3) is 10.8 Å². The van der Waals surface area contributed by atoms with Crippen LogP contribution >= 0.6 is 12.4 Å². The third kappa shape index (κ3) is 3.63. The Balaban J connectivity index is 0.00000161. The molecule has 3 rings (SSSR count). The second-order valence-electron chi connectivity index (χ2n) is 5.15. The van der Waals surface area contributed by atoms with Crippen LogP contribution in [-0.4, -0.2) is 0 Å². The summed E-state index contributed by atoms with van der Waals surface area (Å²) in [5, 5.41) is 6.25. The number of fused-ring (bicyclic) bond motifs is 1. The maximum absolute atomic E-state index is 3.61. The van der Waals surface area contributed by atoms with E-state index in [1.54, 1.807) is 0 Å². The first-order valence-corrected chi connectivity index (χ1v) is 7.09. The quantitative estimate of drug-likeness (QED) is 0.705. The van der Waals surface area contributed by atoms with Gasteiger partial charge in [0.1, 0.15) is 0 Å². The van der Waals surface area contributed by atoms with Crippen molar-refractivity contribution >= 4 is 23.2 Å². The summed E-state index contributed by atoms with van der Waals surface area (Å²) in [6.45, 7) is 3.10. The summed E-state index contributed by atoms with van der Waals surface area (Å²) >= 11 is 0. The molecule has 0 fully saturated rings. The lowest BCUT2D eigenvalue weighted by atomic mass is 10.0. The molecule has 2 heteroatoms. The zero-order valence-electron chi connectivity index (χ0n) is 12.1. The topological polar surface area (TPSA) is 12.0 Å². The van der Waals surface area contributed by atoms with Crippen molar-refractivity contribution in [2.24, 2.45) is 0 Å². The fourth-order valence-corrected chi connectivity index (χ4v) is 2.57. The van der Waals surface area contributed by atoms with Gasteiger partial charge in [0.05, 0.1) is 0 Å². The summed E-state index contributed by atoms with van der Waals surface area (Å²) in [6, 6.07) is 26.0. The maximum Gasteiger partial charge on any atom is 0.0294 e. The number of benzene rings is 3. The molecular formula is C19H20ClN. The molecule has 0 aromatic heterocycles. The van der Waals surface area contributed by atoms with Gasteiger partial charge in [0, 0.05) is 12.6 Å². The number of nitrogens with one attached hydrogen (secondary N) is 1. The van der Waals surface area contributed by atoms with Crippen LogP contribution < -0.4 is 5.32 Å². The van der Waals surface area contributed by atoms with Gasteiger partial charge in [0.2, 0.25) is 0 Å². The van der Waals surface area contributed by atoms with Gasteiger partial charge in [-0.1, -0.05) is 72.8 Å². The summed E-state index contributed by atoms with van der Waals surface area (Å²) < 4.78 is 0. The van der Waals surface area contributed by atoms with Crippen molar-refractivity contribution < 1.29 is 0 Å². The molecule has 0 heterocycles. The van der Waals surface area contributed by atoms with E-state index in [1.165, 1.54) is 21.9 Å². The van der Waals surface area contributed by atoms with Crippen LogP contribution in [-0.2, 0) is 6.54 Å². The molecule has 0 saturated heterocycles. The fraction of sp³-hybridized carbons (Fsp3) is 0.158. The smallest absolute Gasteiger partial charge is 0.0294 e. The highest BCUT2D eigenvalue weighted by atomic mass is 35.5. The third-order valence-electron chi connectivity index (χ3n) is 3.78. The van der Waals surface area contributed by atoms with Gasteiger partial charge in [0.15, 0.2) is 0 Å². The van der Waals surface area contributed by atoms with Crippen molar-refractivity contribution in [1.82, 2.24) is 5.32 Å². The number of hydrogen-bond acceptors (Lipinski definition) is 1. The molecule has 21 heavy (non-hydrogen) atoms. The Labute approximate surface area is 132 Å². The molecule has 0 radical (unpaired) electrons. The normalized spacial score (nSPS) is 11.9. The molecule has 0 bridgehead atoms. The Bertz CT molecular complexity index is 689. The number of rotatable bonds is 4. The zero-order chi connectivity index (χ0) is 13.8. The van der Waals surface area contributed by atoms with E-state index in [0.29, 0.717) is 6.04 Å². The summed E-state index contributed by atoms with van der Waals surface area (Å²) in [6.07, 6.45) is 0. The van der Waals surface area contributed by atoms with Crippen molar-refractivity contribution in [2.75, 3.05) is 0 Å². The predicted molar refractivity (Wildman–Crippen MR) is 92.9 cm³/mol. The molecule has 0 saturated carbocycles. The van der Waals surface area contributed by atoms with Crippen LogP contribution in [0.5, 0.6) is 0 Å². The molecule has 0 spiro atoms. The molecule has 1 N–H and O–H groups in total. The van der Waals surface area contributed by atoms with Crippen LogP contribution in [0.4, 0.5) is 0 Å². The number of halogens is 1. The van der Waals surface area contributed by atoms with Crippen LogP contribution in [0.15, 0.2) is 72.8 Å². The van der Waals surface area contributed by atoms with E-state index >= 15 is 0 Å². The summed E-state index contributed by atoms with van der Waals surface area (Å²) in [5.41, 5.74) is 2.68. The summed E-state index contributed by atoms with van der Waals surface area (Å²) in [5.74, 6) is 0. The first-order valence-electron chi connectivity index (χ1n) is 7.09. The monoisotopic (exact) mass is 297 g/mol. The van der Waals surface area contributed by atoms with E-state index in [9.17, 15) is 0 Å². The lowest BCUT2D eigenvalue weighted by Crippen LogP contribution is -2.18. The van der Waals surface area contributed by atoms with Crippen molar-refractivity contribution in [1.29, 1.82) is 0 Å². The lowest BCUT2D eigenvalue weighted by Gasteiger charge is -2.15. The second-order valence-corrected chi connectivity index (χ2v) is 5.15. The molecule has 3 aromatic carbocycles. The van der Waals surface area contributed by atoms with Gasteiger partial charge in [-0.15, -0.1) is 12.4 Å². The standard InChI is InChI=1S/C19H19N.ClH/c1-15(16-8-3-2-4-9-16)20-14-18-12-7-11-17-10-5-6-13-19(17)18;/h2-13,15,20H,14H2,1H3;1H. The van der Waals surface area contributed by atoms with E-state index < -0.39 is 0 Å². The van der Waals surface area contributed by atoms with E-state index in [0.717, 1.165) is 6.54 Å². The van der Waals surface area contributed by atoms with Crippen molar-refractivity contribution in [3.05, 3.63) is 83.9 Å². The van der Waals surface area contributed by atoms with Gasteiger partial charge >= 0.3 is 0 Å². The zero-order valence-corrected chi connectivity index (χ0v) is 12.9.